The van der Waals surface area contributed by atoms with Gasteiger partial charge in [0.15, 0.2) is 0 Å². The minimum Gasteiger partial charge on any atom is -0.141 e. The van der Waals surface area contributed by atoms with Crippen LogP contribution in [-0.2, 0) is 0 Å². The predicted molar refractivity (Wildman–Crippen MR) is 236 cm³/mol. The van der Waals surface area contributed by atoms with Gasteiger partial charge in [0.2, 0.25) is 0 Å². The summed E-state index contributed by atoms with van der Waals surface area (Å²) in [5.74, 6) is 0. The van der Waals surface area contributed by atoms with Gasteiger partial charge in [-0.2, -0.15) is 0 Å². The summed E-state index contributed by atoms with van der Waals surface area (Å²) in [6, 6.07) is 59.2. The van der Waals surface area contributed by atoms with Crippen molar-refractivity contribution in [1.82, 2.24) is 0 Å². The van der Waals surface area contributed by atoms with E-state index in [-0.39, 0.29) is 0 Å². The largest absolute Gasteiger partial charge is 0.141 e. The van der Waals surface area contributed by atoms with Gasteiger partial charge in [-0.25, -0.2) is 0 Å². The SMILES string of the molecule is Cc1ccc(-c2c3ccccc3c(-c3ccc4c(c3)sc3c(-c5c6ccccc6c(-c6ccc(C)s6)c6ccccc56)cccc34)c3ccccc23)s1. The van der Waals surface area contributed by atoms with Crippen LogP contribution in [-0.4, -0.2) is 0 Å². The van der Waals surface area contributed by atoms with Crippen LogP contribution in [0.25, 0.3) is 106 Å². The minimum absolute atomic E-state index is 1.26. The summed E-state index contributed by atoms with van der Waals surface area (Å²) < 4.78 is 2.66. The minimum atomic E-state index is 1.26. The quantitative estimate of drug-likeness (QED) is 0.158. The van der Waals surface area contributed by atoms with Gasteiger partial charge in [-0.15, -0.1) is 34.0 Å². The van der Waals surface area contributed by atoms with Crippen LogP contribution in [0, 0.1) is 13.8 Å². The number of fused-ring (bicyclic) bond motifs is 7. The molecule has 3 aromatic heterocycles. The zero-order chi connectivity index (χ0) is 35.2. The lowest BCUT2D eigenvalue weighted by atomic mass is 9.87. The first-order chi connectivity index (χ1) is 26.1. The summed E-state index contributed by atoms with van der Waals surface area (Å²) in [7, 11) is 0. The molecule has 0 aliphatic heterocycles. The number of rotatable bonds is 4. The second-order valence-corrected chi connectivity index (χ2v) is 17.6. The van der Waals surface area contributed by atoms with E-state index in [9.17, 15) is 0 Å². The third-order valence-electron chi connectivity index (χ3n) is 10.9. The highest BCUT2D eigenvalue weighted by Gasteiger charge is 2.21. The molecule has 11 rings (SSSR count). The average Bonchev–Trinajstić information content (AvgIpc) is 3.93. The van der Waals surface area contributed by atoms with Gasteiger partial charge < -0.3 is 0 Å². The van der Waals surface area contributed by atoms with Gasteiger partial charge in [0.25, 0.3) is 0 Å². The number of thiophene rings is 3. The van der Waals surface area contributed by atoms with Crippen LogP contribution in [0.15, 0.2) is 158 Å². The molecule has 0 N–H and O–H groups in total. The van der Waals surface area contributed by atoms with Crippen LogP contribution in [0.3, 0.4) is 0 Å². The van der Waals surface area contributed by atoms with Gasteiger partial charge >= 0.3 is 0 Å². The van der Waals surface area contributed by atoms with E-state index in [1.807, 2.05) is 34.0 Å². The number of aryl methyl sites for hydroxylation is 2. The fourth-order valence-corrected chi connectivity index (χ4v) is 11.8. The number of hydrogen-bond acceptors (Lipinski definition) is 3. The molecule has 0 saturated carbocycles. The van der Waals surface area contributed by atoms with Crippen LogP contribution in [0.1, 0.15) is 9.75 Å². The molecule has 0 nitrogen and oxygen atoms in total. The molecular formula is C50H32S3. The number of benzene rings is 8. The first-order valence-electron chi connectivity index (χ1n) is 18.1. The van der Waals surface area contributed by atoms with E-state index >= 15 is 0 Å². The zero-order valence-corrected chi connectivity index (χ0v) is 31.7. The van der Waals surface area contributed by atoms with Gasteiger partial charge in [-0.05, 0) is 104 Å². The Hall–Kier alpha value is -5.58. The maximum absolute atomic E-state index is 2.45. The van der Waals surface area contributed by atoms with Gasteiger partial charge in [-0.3, -0.25) is 0 Å². The summed E-state index contributed by atoms with van der Waals surface area (Å²) in [5, 5.41) is 13.1. The van der Waals surface area contributed by atoms with E-state index in [1.54, 1.807) is 0 Å². The molecule has 3 heterocycles. The molecular weight excluding hydrogens is 697 g/mol. The van der Waals surface area contributed by atoms with E-state index < -0.39 is 0 Å². The predicted octanol–water partition coefficient (Wildman–Crippen LogP) is 16.1. The molecule has 3 heteroatoms. The fraction of sp³-hybridized carbons (Fsp3) is 0.0400. The van der Waals surface area contributed by atoms with Crippen molar-refractivity contribution in [1.29, 1.82) is 0 Å². The van der Waals surface area contributed by atoms with Gasteiger partial charge in [0.1, 0.15) is 0 Å². The molecule has 0 aliphatic rings. The smallest absolute Gasteiger partial charge is 0.0434 e. The summed E-state index contributed by atoms with van der Waals surface area (Å²) in [6.45, 7) is 4.40. The van der Waals surface area contributed by atoms with Crippen molar-refractivity contribution < 1.29 is 0 Å². The van der Waals surface area contributed by atoms with Crippen molar-refractivity contribution in [2.45, 2.75) is 13.8 Å². The van der Waals surface area contributed by atoms with Crippen molar-refractivity contribution in [3.63, 3.8) is 0 Å². The van der Waals surface area contributed by atoms with E-state index in [0.717, 1.165) is 0 Å². The van der Waals surface area contributed by atoms with Crippen molar-refractivity contribution in [3.05, 3.63) is 167 Å². The van der Waals surface area contributed by atoms with Crippen LogP contribution >= 0.6 is 34.0 Å². The standard InChI is InChI=1S/C50H32S3/c1-29-22-26-43(51-29)48-37-16-7-3-12-33(37)46(34-13-4-8-17-38(34)48)31-24-25-32-41-20-11-21-42(50(41)53-45(32)28-31)47-35-14-5-9-18-39(35)49(44-27-23-30(2)52-44)40-19-10-6-15-36(40)47/h3-28H,1-2H3. The van der Waals surface area contributed by atoms with E-state index in [4.69, 9.17) is 0 Å². The molecule has 0 bridgehead atoms. The summed E-state index contributed by atoms with van der Waals surface area (Å²) in [6.07, 6.45) is 0. The Morgan fingerprint density at radius 1 is 0.321 bits per heavy atom. The summed E-state index contributed by atoms with van der Waals surface area (Å²) in [4.78, 5) is 5.32. The zero-order valence-electron chi connectivity index (χ0n) is 29.2. The highest BCUT2D eigenvalue weighted by Crippen LogP contribution is 2.50. The van der Waals surface area contributed by atoms with Crippen LogP contribution < -0.4 is 0 Å². The second kappa shape index (κ2) is 12.0. The molecule has 0 amide bonds. The molecule has 0 spiro atoms. The lowest BCUT2D eigenvalue weighted by molar-refractivity contribution is 1.64. The lowest BCUT2D eigenvalue weighted by Gasteiger charge is -2.17. The van der Waals surface area contributed by atoms with Crippen molar-refractivity contribution in [3.8, 4) is 43.1 Å². The van der Waals surface area contributed by atoms with E-state index in [2.05, 4.69) is 172 Å². The third kappa shape index (κ3) is 4.71. The van der Waals surface area contributed by atoms with Gasteiger partial charge in [0, 0.05) is 56.4 Å². The fourth-order valence-electron chi connectivity index (χ4n) is 8.68. The normalized spacial score (nSPS) is 12.0. The van der Waals surface area contributed by atoms with Crippen molar-refractivity contribution in [2.75, 3.05) is 0 Å². The Bertz CT molecular complexity index is 3140. The highest BCUT2D eigenvalue weighted by atomic mass is 32.1. The van der Waals surface area contributed by atoms with Gasteiger partial charge in [0.05, 0.1) is 0 Å². The maximum Gasteiger partial charge on any atom is 0.0434 e. The molecule has 0 fully saturated rings. The Kier molecular flexibility index (Phi) is 7.00. The van der Waals surface area contributed by atoms with E-state index in [1.165, 1.54) is 116 Å². The third-order valence-corrected chi connectivity index (χ3v) is 14.1. The molecule has 250 valence electrons. The van der Waals surface area contributed by atoms with Crippen LogP contribution in [0.2, 0.25) is 0 Å². The van der Waals surface area contributed by atoms with Crippen molar-refractivity contribution in [2.24, 2.45) is 0 Å². The second-order valence-electron chi connectivity index (χ2n) is 14.0. The topological polar surface area (TPSA) is 0 Å². The molecule has 8 aromatic carbocycles. The highest BCUT2D eigenvalue weighted by molar-refractivity contribution is 7.26. The van der Waals surface area contributed by atoms with Gasteiger partial charge in [-0.1, -0.05) is 127 Å². The first kappa shape index (κ1) is 31.0. The summed E-state index contributed by atoms with van der Waals surface area (Å²) >= 11 is 5.69. The Morgan fingerprint density at radius 2 is 0.755 bits per heavy atom. The summed E-state index contributed by atoms with van der Waals surface area (Å²) in [5.41, 5.74) is 7.87. The lowest BCUT2D eigenvalue weighted by Crippen LogP contribution is -1.89. The molecule has 0 atom stereocenters. The molecule has 0 unspecified atom stereocenters. The molecule has 0 aliphatic carbocycles. The Labute approximate surface area is 319 Å². The van der Waals surface area contributed by atoms with Crippen LogP contribution in [0.5, 0.6) is 0 Å². The van der Waals surface area contributed by atoms with Crippen molar-refractivity contribution >= 4 is 97.3 Å². The first-order valence-corrected chi connectivity index (χ1v) is 20.5. The number of hydrogen-bond donors (Lipinski definition) is 0. The molecule has 0 saturated heterocycles. The molecule has 11 aromatic rings. The Balaban J connectivity index is 1.17. The average molecular weight is 729 g/mol. The van der Waals surface area contributed by atoms with E-state index in [0.29, 0.717) is 0 Å². The monoisotopic (exact) mass is 728 g/mol. The van der Waals surface area contributed by atoms with Crippen LogP contribution in [0.4, 0.5) is 0 Å². The molecule has 53 heavy (non-hydrogen) atoms. The maximum atomic E-state index is 2.45. The Morgan fingerprint density at radius 3 is 1.21 bits per heavy atom. The molecule has 0 radical (unpaired) electrons.